The molecule has 0 atom stereocenters. The van der Waals surface area contributed by atoms with Crippen LogP contribution in [0.5, 0.6) is 5.75 Å². The van der Waals surface area contributed by atoms with E-state index in [-0.39, 0.29) is 27.0 Å². The molecule has 2 aromatic carbocycles. The van der Waals surface area contributed by atoms with Crippen molar-refractivity contribution in [1.29, 1.82) is 0 Å². The Morgan fingerprint density at radius 1 is 1.17 bits per heavy atom. The van der Waals surface area contributed by atoms with Crippen LogP contribution < -0.4 is 15.0 Å². The molecule has 0 unspecified atom stereocenters. The molecule has 2 aromatic rings. The summed E-state index contributed by atoms with van der Waals surface area (Å²) in [6.45, 7) is 1.85. The van der Waals surface area contributed by atoms with Crippen molar-refractivity contribution in [2.45, 2.75) is 6.92 Å². The number of barbiturate groups is 1. The van der Waals surface area contributed by atoms with Crippen molar-refractivity contribution in [3.63, 3.8) is 0 Å². The van der Waals surface area contributed by atoms with E-state index in [0.29, 0.717) is 5.69 Å². The van der Waals surface area contributed by atoms with Gasteiger partial charge in [0.2, 0.25) is 5.75 Å². The molecule has 0 spiro atoms. The summed E-state index contributed by atoms with van der Waals surface area (Å²) in [4.78, 5) is 48.8. The van der Waals surface area contributed by atoms with Crippen molar-refractivity contribution in [3.8, 4) is 5.75 Å². The van der Waals surface area contributed by atoms with Crippen LogP contribution in [0.4, 0.5) is 16.2 Å². The highest BCUT2D eigenvalue weighted by Crippen LogP contribution is 2.37. The van der Waals surface area contributed by atoms with Crippen LogP contribution in [-0.4, -0.2) is 29.9 Å². The number of aryl methyl sites for hydroxylation is 1. The van der Waals surface area contributed by atoms with Crippen molar-refractivity contribution < 1.29 is 24.0 Å². The summed E-state index contributed by atoms with van der Waals surface area (Å²) in [5, 5.41) is 13.4. The molecule has 0 radical (unpaired) electrons. The highest BCUT2D eigenvalue weighted by atomic mass is 79.9. The standard InChI is InChI=1S/C19H14BrN3O6/c1-10-3-5-12(6-4-10)22-18(25)13(17(24)21-19(22)26)7-11-8-14(20)16(29-2)15(9-11)23(27)28/h3-9H,1-2H3,(H,21,24,26)/b13-7+. The molecule has 1 fully saturated rings. The van der Waals surface area contributed by atoms with Crippen LogP contribution >= 0.6 is 15.9 Å². The summed E-state index contributed by atoms with van der Waals surface area (Å²) in [6, 6.07) is 8.36. The predicted octanol–water partition coefficient (Wildman–Crippen LogP) is 3.34. The molecule has 29 heavy (non-hydrogen) atoms. The van der Waals surface area contributed by atoms with Crippen LogP contribution in [0, 0.1) is 17.0 Å². The van der Waals surface area contributed by atoms with Gasteiger partial charge in [0.1, 0.15) is 5.57 Å². The zero-order chi connectivity index (χ0) is 21.3. The second kappa shape index (κ2) is 7.84. The zero-order valence-corrected chi connectivity index (χ0v) is 16.8. The van der Waals surface area contributed by atoms with Gasteiger partial charge in [-0.3, -0.25) is 25.0 Å². The highest BCUT2D eigenvalue weighted by Gasteiger charge is 2.37. The first-order valence-electron chi connectivity index (χ1n) is 8.23. The van der Waals surface area contributed by atoms with Gasteiger partial charge in [-0.15, -0.1) is 0 Å². The van der Waals surface area contributed by atoms with Gasteiger partial charge in [-0.25, -0.2) is 9.69 Å². The van der Waals surface area contributed by atoms with Crippen LogP contribution in [0.3, 0.4) is 0 Å². The number of hydrogen-bond acceptors (Lipinski definition) is 6. The van der Waals surface area contributed by atoms with Crippen molar-refractivity contribution >= 4 is 51.2 Å². The van der Waals surface area contributed by atoms with E-state index in [1.165, 1.54) is 25.3 Å². The highest BCUT2D eigenvalue weighted by molar-refractivity contribution is 9.10. The zero-order valence-electron chi connectivity index (χ0n) is 15.3. The Balaban J connectivity index is 2.07. The quantitative estimate of drug-likeness (QED) is 0.324. The lowest BCUT2D eigenvalue weighted by Crippen LogP contribution is -2.54. The molecule has 3 rings (SSSR count). The van der Waals surface area contributed by atoms with Crippen molar-refractivity contribution in [2.24, 2.45) is 0 Å². The van der Waals surface area contributed by atoms with Gasteiger partial charge in [-0.1, -0.05) is 17.7 Å². The first kappa shape index (κ1) is 20.2. The minimum absolute atomic E-state index is 0.00744. The predicted molar refractivity (Wildman–Crippen MR) is 108 cm³/mol. The Morgan fingerprint density at radius 2 is 1.83 bits per heavy atom. The van der Waals surface area contributed by atoms with Gasteiger partial charge in [0.15, 0.2) is 0 Å². The smallest absolute Gasteiger partial charge is 0.335 e. The molecule has 1 aliphatic heterocycles. The Morgan fingerprint density at radius 3 is 2.41 bits per heavy atom. The molecular weight excluding hydrogens is 446 g/mol. The van der Waals surface area contributed by atoms with E-state index in [1.807, 2.05) is 6.92 Å². The average Bonchev–Trinajstić information content (AvgIpc) is 2.66. The number of hydrogen-bond donors (Lipinski definition) is 1. The number of methoxy groups -OCH3 is 1. The molecular formula is C19H14BrN3O6. The Labute approximate surface area is 173 Å². The summed E-state index contributed by atoms with van der Waals surface area (Å²) in [5.74, 6) is -1.72. The third-order valence-corrected chi connectivity index (χ3v) is 4.74. The first-order chi connectivity index (χ1) is 13.7. The lowest BCUT2D eigenvalue weighted by Gasteiger charge is -2.26. The molecule has 4 amide bonds. The minimum atomic E-state index is -0.891. The van der Waals surface area contributed by atoms with Crippen molar-refractivity contribution in [1.82, 2.24) is 5.32 Å². The minimum Gasteiger partial charge on any atom is -0.489 e. The number of rotatable bonds is 4. The topological polar surface area (TPSA) is 119 Å². The number of imide groups is 2. The fraction of sp³-hybridized carbons (Fsp3) is 0.105. The molecule has 1 heterocycles. The molecule has 1 aliphatic rings. The molecule has 1 saturated heterocycles. The summed E-state index contributed by atoms with van der Waals surface area (Å²) >= 11 is 3.18. The van der Waals surface area contributed by atoms with E-state index in [9.17, 15) is 24.5 Å². The third-order valence-electron chi connectivity index (χ3n) is 4.15. The van der Waals surface area contributed by atoms with E-state index in [0.717, 1.165) is 10.5 Å². The number of amides is 4. The van der Waals surface area contributed by atoms with Gasteiger partial charge in [0, 0.05) is 6.07 Å². The van der Waals surface area contributed by atoms with E-state index in [1.54, 1.807) is 24.3 Å². The van der Waals surface area contributed by atoms with Gasteiger partial charge in [0.05, 0.1) is 22.2 Å². The summed E-state index contributed by atoms with van der Waals surface area (Å²) in [6.07, 6.45) is 1.18. The fourth-order valence-electron chi connectivity index (χ4n) is 2.77. The second-order valence-electron chi connectivity index (χ2n) is 6.11. The van der Waals surface area contributed by atoms with E-state index < -0.39 is 22.8 Å². The van der Waals surface area contributed by atoms with Crippen LogP contribution in [0.25, 0.3) is 6.08 Å². The molecule has 0 aliphatic carbocycles. The van der Waals surface area contributed by atoms with E-state index >= 15 is 0 Å². The Kier molecular flexibility index (Phi) is 5.46. The Bertz CT molecular complexity index is 1080. The lowest BCUT2D eigenvalue weighted by atomic mass is 10.1. The SMILES string of the molecule is COc1c(Br)cc(/C=C2\C(=O)NC(=O)N(c3ccc(C)cc3)C2=O)cc1[N+](=O)[O-]. The second-order valence-corrected chi connectivity index (χ2v) is 6.96. The summed E-state index contributed by atoms with van der Waals surface area (Å²) < 4.78 is 5.29. The number of nitro benzene ring substituents is 1. The number of carbonyl (C=O) groups is 3. The largest absolute Gasteiger partial charge is 0.489 e. The van der Waals surface area contributed by atoms with Crippen LogP contribution in [0.1, 0.15) is 11.1 Å². The number of nitrogens with zero attached hydrogens (tertiary/aromatic N) is 2. The van der Waals surface area contributed by atoms with Gasteiger partial charge in [0.25, 0.3) is 11.8 Å². The maximum atomic E-state index is 12.9. The van der Waals surface area contributed by atoms with Gasteiger partial charge in [-0.05, 0) is 52.7 Å². The molecule has 0 aromatic heterocycles. The monoisotopic (exact) mass is 459 g/mol. The van der Waals surface area contributed by atoms with Crippen LogP contribution in [0.15, 0.2) is 46.4 Å². The summed E-state index contributed by atoms with van der Waals surface area (Å²) in [5.41, 5.74) is 0.751. The molecule has 1 N–H and O–H groups in total. The van der Waals surface area contributed by atoms with Gasteiger partial charge >= 0.3 is 11.7 Å². The van der Waals surface area contributed by atoms with Gasteiger partial charge < -0.3 is 4.74 Å². The van der Waals surface area contributed by atoms with Crippen LogP contribution in [0.2, 0.25) is 0 Å². The van der Waals surface area contributed by atoms with Gasteiger partial charge in [-0.2, -0.15) is 0 Å². The number of nitrogens with one attached hydrogen (secondary N) is 1. The molecule has 0 saturated carbocycles. The Hall–Kier alpha value is -3.53. The van der Waals surface area contributed by atoms with Crippen LogP contribution in [-0.2, 0) is 9.59 Å². The number of ether oxygens (including phenoxy) is 1. The molecule has 148 valence electrons. The normalized spacial score (nSPS) is 15.5. The molecule has 10 heteroatoms. The fourth-order valence-corrected chi connectivity index (χ4v) is 3.40. The molecule has 9 nitrogen and oxygen atoms in total. The number of halogens is 1. The third kappa shape index (κ3) is 3.87. The van der Waals surface area contributed by atoms with E-state index in [2.05, 4.69) is 21.2 Å². The maximum absolute atomic E-state index is 12.9. The van der Waals surface area contributed by atoms with Crippen molar-refractivity contribution in [2.75, 3.05) is 12.0 Å². The molecule has 0 bridgehead atoms. The first-order valence-corrected chi connectivity index (χ1v) is 9.02. The maximum Gasteiger partial charge on any atom is 0.335 e. The number of urea groups is 1. The number of anilines is 1. The van der Waals surface area contributed by atoms with Crippen molar-refractivity contribution in [3.05, 3.63) is 67.7 Å². The lowest BCUT2D eigenvalue weighted by molar-refractivity contribution is -0.385. The number of nitro groups is 1. The average molecular weight is 460 g/mol. The number of carbonyl (C=O) groups excluding carboxylic acids is 3. The van der Waals surface area contributed by atoms with E-state index in [4.69, 9.17) is 4.74 Å². The number of benzene rings is 2. The summed E-state index contributed by atoms with van der Waals surface area (Å²) in [7, 11) is 1.29.